The number of fused-ring (bicyclic) bond motifs is 1. The maximum absolute atomic E-state index is 11.8. The van der Waals surface area contributed by atoms with E-state index in [9.17, 15) is 4.79 Å². The maximum atomic E-state index is 11.8. The molecule has 5 nitrogen and oxygen atoms in total. The van der Waals surface area contributed by atoms with Gasteiger partial charge in [-0.3, -0.25) is 9.48 Å². The Labute approximate surface area is 118 Å². The molecule has 2 heterocycles. The number of hydrogen-bond donors (Lipinski definition) is 1. The van der Waals surface area contributed by atoms with E-state index in [1.165, 1.54) is 0 Å². The van der Waals surface area contributed by atoms with Gasteiger partial charge in [0.15, 0.2) is 0 Å². The smallest absolute Gasteiger partial charge is 0.228 e. The summed E-state index contributed by atoms with van der Waals surface area (Å²) in [5, 5.41) is 8.61. The van der Waals surface area contributed by atoms with Gasteiger partial charge in [0.05, 0.1) is 11.2 Å². The summed E-state index contributed by atoms with van der Waals surface area (Å²) >= 11 is 0. The lowest BCUT2D eigenvalue weighted by Crippen LogP contribution is -2.14. The third-order valence-electron chi connectivity index (χ3n) is 3.69. The maximum Gasteiger partial charge on any atom is 0.228 e. The topological polar surface area (TPSA) is 59.8 Å². The minimum absolute atomic E-state index is 0.0863. The molecular weight excluding hydrogens is 252 g/mol. The molecule has 20 heavy (non-hydrogen) atoms. The molecule has 106 valence electrons. The second-order valence-corrected chi connectivity index (χ2v) is 5.69. The van der Waals surface area contributed by atoms with Gasteiger partial charge >= 0.3 is 0 Å². The first-order chi connectivity index (χ1) is 9.60. The normalized spacial score (nSPS) is 15.0. The summed E-state index contributed by atoms with van der Waals surface area (Å²) in [7, 11) is 0. The van der Waals surface area contributed by atoms with Crippen LogP contribution in [0.15, 0.2) is 12.3 Å². The SMILES string of the molecule is CCc1nn(C(C)C)c2cc(NC(=O)C3CC3)ncc12. The van der Waals surface area contributed by atoms with Gasteiger partial charge in [-0.05, 0) is 33.1 Å². The minimum atomic E-state index is 0.0863. The van der Waals surface area contributed by atoms with Crippen molar-refractivity contribution in [3.8, 4) is 0 Å². The second-order valence-electron chi connectivity index (χ2n) is 5.69. The summed E-state index contributed by atoms with van der Waals surface area (Å²) in [6, 6.07) is 2.22. The van der Waals surface area contributed by atoms with Gasteiger partial charge in [-0.2, -0.15) is 5.10 Å². The Balaban J connectivity index is 1.99. The van der Waals surface area contributed by atoms with E-state index in [1.54, 1.807) is 0 Å². The van der Waals surface area contributed by atoms with Gasteiger partial charge in [0.25, 0.3) is 0 Å². The Bertz CT molecular complexity index is 655. The summed E-state index contributed by atoms with van der Waals surface area (Å²) in [6.07, 6.45) is 4.70. The van der Waals surface area contributed by atoms with Crippen molar-refractivity contribution >= 4 is 22.6 Å². The number of nitrogens with one attached hydrogen (secondary N) is 1. The Morgan fingerprint density at radius 1 is 1.50 bits per heavy atom. The van der Waals surface area contributed by atoms with Crippen LogP contribution in [-0.2, 0) is 11.2 Å². The highest BCUT2D eigenvalue weighted by molar-refractivity contribution is 5.95. The molecule has 0 spiro atoms. The van der Waals surface area contributed by atoms with Gasteiger partial charge in [0.2, 0.25) is 5.91 Å². The van der Waals surface area contributed by atoms with Crippen LogP contribution in [0.1, 0.15) is 45.3 Å². The van der Waals surface area contributed by atoms with Crippen molar-refractivity contribution in [1.29, 1.82) is 0 Å². The van der Waals surface area contributed by atoms with Crippen molar-refractivity contribution in [2.75, 3.05) is 5.32 Å². The molecule has 1 amide bonds. The van der Waals surface area contributed by atoms with Crippen LogP contribution in [0.2, 0.25) is 0 Å². The molecule has 0 unspecified atom stereocenters. The molecule has 1 saturated carbocycles. The van der Waals surface area contributed by atoms with E-state index in [-0.39, 0.29) is 17.9 Å². The predicted octanol–water partition coefficient (Wildman–Crippen LogP) is 2.92. The fourth-order valence-corrected chi connectivity index (χ4v) is 2.39. The van der Waals surface area contributed by atoms with Crippen LogP contribution < -0.4 is 5.32 Å². The highest BCUT2D eigenvalue weighted by Crippen LogP contribution is 2.30. The highest BCUT2D eigenvalue weighted by atomic mass is 16.2. The molecule has 3 rings (SSSR count). The Hall–Kier alpha value is -1.91. The molecule has 0 aliphatic heterocycles. The van der Waals surface area contributed by atoms with Crippen LogP contribution in [0.4, 0.5) is 5.82 Å². The fourth-order valence-electron chi connectivity index (χ4n) is 2.39. The summed E-state index contributed by atoms with van der Waals surface area (Å²) in [4.78, 5) is 16.2. The van der Waals surface area contributed by atoms with Gasteiger partial charge in [-0.15, -0.1) is 0 Å². The van der Waals surface area contributed by atoms with Crippen molar-refractivity contribution in [1.82, 2.24) is 14.8 Å². The molecule has 0 aromatic carbocycles. The minimum Gasteiger partial charge on any atom is -0.310 e. The van der Waals surface area contributed by atoms with E-state index in [2.05, 4.69) is 36.2 Å². The number of carbonyl (C=O) groups is 1. The van der Waals surface area contributed by atoms with Crippen molar-refractivity contribution in [2.45, 2.75) is 46.1 Å². The summed E-state index contributed by atoms with van der Waals surface area (Å²) in [5.74, 6) is 0.899. The first-order valence-electron chi connectivity index (χ1n) is 7.28. The molecule has 0 saturated heterocycles. The molecule has 0 atom stereocenters. The van der Waals surface area contributed by atoms with E-state index in [0.717, 1.165) is 35.9 Å². The van der Waals surface area contributed by atoms with E-state index in [1.807, 2.05) is 16.9 Å². The summed E-state index contributed by atoms with van der Waals surface area (Å²) < 4.78 is 2.00. The van der Waals surface area contributed by atoms with Crippen LogP contribution in [0.3, 0.4) is 0 Å². The lowest BCUT2D eigenvalue weighted by Gasteiger charge is -2.08. The zero-order valence-electron chi connectivity index (χ0n) is 12.2. The van der Waals surface area contributed by atoms with Crippen LogP contribution in [-0.4, -0.2) is 20.7 Å². The summed E-state index contributed by atoms with van der Waals surface area (Å²) in [5.41, 5.74) is 2.10. The molecule has 5 heteroatoms. The molecular formula is C15H20N4O. The molecule has 1 aliphatic carbocycles. The third kappa shape index (κ3) is 2.28. The van der Waals surface area contributed by atoms with Crippen LogP contribution in [0.25, 0.3) is 10.9 Å². The van der Waals surface area contributed by atoms with Gasteiger partial charge in [-0.1, -0.05) is 6.92 Å². The molecule has 1 N–H and O–H groups in total. The van der Waals surface area contributed by atoms with Gasteiger partial charge < -0.3 is 5.32 Å². The van der Waals surface area contributed by atoms with Crippen LogP contribution in [0, 0.1) is 5.92 Å². The molecule has 2 aromatic heterocycles. The van der Waals surface area contributed by atoms with Gasteiger partial charge in [-0.25, -0.2) is 4.98 Å². The fraction of sp³-hybridized carbons (Fsp3) is 0.533. The highest BCUT2D eigenvalue weighted by Gasteiger charge is 2.29. The number of nitrogens with zero attached hydrogens (tertiary/aromatic N) is 3. The molecule has 0 radical (unpaired) electrons. The van der Waals surface area contributed by atoms with Gasteiger partial charge in [0.1, 0.15) is 5.82 Å². The molecule has 1 fully saturated rings. The number of pyridine rings is 1. The Morgan fingerprint density at radius 2 is 2.25 bits per heavy atom. The number of anilines is 1. The number of aryl methyl sites for hydroxylation is 1. The lowest BCUT2D eigenvalue weighted by atomic mass is 10.2. The third-order valence-corrected chi connectivity index (χ3v) is 3.69. The van der Waals surface area contributed by atoms with E-state index >= 15 is 0 Å². The van der Waals surface area contributed by atoms with Crippen molar-refractivity contribution in [3.05, 3.63) is 18.0 Å². The average Bonchev–Trinajstić information content (AvgIpc) is 3.20. The first kappa shape index (κ1) is 13.1. The first-order valence-corrected chi connectivity index (χ1v) is 7.28. The van der Waals surface area contributed by atoms with Crippen molar-refractivity contribution in [3.63, 3.8) is 0 Å². The summed E-state index contributed by atoms with van der Waals surface area (Å²) in [6.45, 7) is 6.30. The number of hydrogen-bond acceptors (Lipinski definition) is 3. The molecule has 0 bridgehead atoms. The number of aromatic nitrogens is 3. The van der Waals surface area contributed by atoms with Crippen LogP contribution in [0.5, 0.6) is 0 Å². The second kappa shape index (κ2) is 4.89. The number of amides is 1. The standard InChI is InChI=1S/C15H20N4O/c1-4-12-11-8-16-14(17-15(20)10-5-6-10)7-13(11)19(18-12)9(2)3/h7-10H,4-6H2,1-3H3,(H,16,17,20). The number of rotatable bonds is 4. The monoisotopic (exact) mass is 272 g/mol. The quantitative estimate of drug-likeness (QED) is 0.931. The molecule has 1 aliphatic rings. The molecule has 2 aromatic rings. The lowest BCUT2D eigenvalue weighted by molar-refractivity contribution is -0.117. The van der Waals surface area contributed by atoms with E-state index < -0.39 is 0 Å². The van der Waals surface area contributed by atoms with E-state index in [4.69, 9.17) is 0 Å². The zero-order valence-corrected chi connectivity index (χ0v) is 12.2. The van der Waals surface area contributed by atoms with Crippen molar-refractivity contribution < 1.29 is 4.79 Å². The average molecular weight is 272 g/mol. The Kier molecular flexibility index (Phi) is 3.20. The van der Waals surface area contributed by atoms with Gasteiger partial charge in [0, 0.05) is 29.6 Å². The van der Waals surface area contributed by atoms with E-state index in [0.29, 0.717) is 5.82 Å². The van der Waals surface area contributed by atoms with Crippen LogP contribution >= 0.6 is 0 Å². The van der Waals surface area contributed by atoms with Crippen molar-refractivity contribution in [2.24, 2.45) is 5.92 Å². The zero-order chi connectivity index (χ0) is 14.3. The predicted molar refractivity (Wildman–Crippen MR) is 78.6 cm³/mol. The Morgan fingerprint density at radius 3 is 2.85 bits per heavy atom. The largest absolute Gasteiger partial charge is 0.310 e. The number of carbonyl (C=O) groups excluding carboxylic acids is 1.